The summed E-state index contributed by atoms with van der Waals surface area (Å²) < 4.78 is 5.50. The Morgan fingerprint density at radius 2 is 1.25 bits per heavy atom. The molecule has 0 radical (unpaired) electrons. The van der Waals surface area contributed by atoms with E-state index in [4.69, 9.17) is 4.74 Å². The first kappa shape index (κ1) is 36.1. The highest BCUT2D eigenvalue weighted by atomic mass is 16.5. The summed E-state index contributed by atoms with van der Waals surface area (Å²) in [4.78, 5) is 38.0. The number of hydrogen-bond acceptors (Lipinski definition) is 7. The van der Waals surface area contributed by atoms with Gasteiger partial charge in [0.05, 0.1) is 6.61 Å². The van der Waals surface area contributed by atoms with Gasteiger partial charge >= 0.3 is 5.97 Å². The molecular weight excluding hydrogens is 502 g/mol. The van der Waals surface area contributed by atoms with Gasteiger partial charge in [-0.25, -0.2) is 0 Å². The summed E-state index contributed by atoms with van der Waals surface area (Å²) in [6.07, 6.45) is 20.7. The Labute approximate surface area is 244 Å². The highest BCUT2D eigenvalue weighted by Gasteiger charge is 2.18. The lowest BCUT2D eigenvalue weighted by atomic mass is 9.95. The molecule has 0 saturated carbocycles. The van der Waals surface area contributed by atoms with Gasteiger partial charge in [0.1, 0.15) is 11.4 Å². The molecule has 1 aromatic rings. The molecule has 0 heterocycles. The SMILES string of the molecule is CCCCCCCCN(CCCCCCCC(=O)OCCC(CCC)CCC)CCCNc1c(NC)c(=O)c1=O. The predicted molar refractivity (Wildman–Crippen MR) is 170 cm³/mol. The number of carbonyl (C=O) groups is 1. The standard InChI is InChI=1S/C33H61N3O4/c1-5-8-9-10-13-16-24-36(26-18-23-35-31-30(34-4)32(38)33(31)39)25-17-14-11-12-15-21-29(37)40-27-22-28(19-6-2)20-7-3/h28,34-35H,5-27H2,1-4H3. The van der Waals surface area contributed by atoms with Crippen LogP contribution in [0.2, 0.25) is 0 Å². The molecule has 0 aliphatic carbocycles. The van der Waals surface area contributed by atoms with Crippen LogP contribution < -0.4 is 21.5 Å². The van der Waals surface area contributed by atoms with Crippen LogP contribution in [0.5, 0.6) is 0 Å². The normalized spacial score (nSPS) is 11.6. The molecule has 0 saturated heterocycles. The molecule has 0 spiro atoms. The lowest BCUT2D eigenvalue weighted by Gasteiger charge is -2.23. The second kappa shape index (κ2) is 23.8. The first-order valence-corrected chi connectivity index (χ1v) is 16.6. The van der Waals surface area contributed by atoms with E-state index in [1.54, 1.807) is 7.05 Å². The Hall–Kier alpha value is -1.89. The van der Waals surface area contributed by atoms with Gasteiger partial charge in [-0.15, -0.1) is 0 Å². The Kier molecular flexibility index (Phi) is 21.5. The Morgan fingerprint density at radius 1 is 0.700 bits per heavy atom. The fraction of sp³-hybridized carbons (Fsp3) is 0.848. The van der Waals surface area contributed by atoms with Crippen molar-refractivity contribution in [1.82, 2.24) is 4.90 Å². The van der Waals surface area contributed by atoms with Crippen LogP contribution in [0.1, 0.15) is 136 Å². The summed E-state index contributed by atoms with van der Waals surface area (Å²) in [7, 11) is 1.67. The van der Waals surface area contributed by atoms with Crippen LogP contribution in [0.15, 0.2) is 9.59 Å². The fourth-order valence-corrected chi connectivity index (χ4v) is 5.56. The van der Waals surface area contributed by atoms with Crippen LogP contribution >= 0.6 is 0 Å². The van der Waals surface area contributed by atoms with Crippen molar-refractivity contribution in [3.05, 3.63) is 20.4 Å². The van der Waals surface area contributed by atoms with Crippen LogP contribution in [-0.4, -0.2) is 50.7 Å². The van der Waals surface area contributed by atoms with Crippen molar-refractivity contribution in [3.8, 4) is 0 Å². The summed E-state index contributed by atoms with van der Waals surface area (Å²) in [6.45, 7) is 11.2. The summed E-state index contributed by atoms with van der Waals surface area (Å²) in [5.41, 5.74) is 0.0227. The Bertz CT molecular complexity index is 828. The van der Waals surface area contributed by atoms with Gasteiger partial charge in [0, 0.05) is 20.0 Å². The maximum Gasteiger partial charge on any atom is 0.305 e. The van der Waals surface area contributed by atoms with E-state index in [1.165, 1.54) is 77.0 Å². The average molecular weight is 564 g/mol. The van der Waals surface area contributed by atoms with Gasteiger partial charge in [-0.05, 0) is 57.7 Å². The van der Waals surface area contributed by atoms with Crippen molar-refractivity contribution in [2.75, 3.05) is 50.5 Å². The van der Waals surface area contributed by atoms with Crippen LogP contribution in [0, 0.1) is 5.92 Å². The molecule has 0 aliphatic rings. The van der Waals surface area contributed by atoms with Gasteiger partial charge in [0.15, 0.2) is 0 Å². The maximum atomic E-state index is 12.1. The number of rotatable bonds is 28. The number of anilines is 2. The van der Waals surface area contributed by atoms with Crippen LogP contribution in [-0.2, 0) is 9.53 Å². The van der Waals surface area contributed by atoms with E-state index in [0.29, 0.717) is 36.9 Å². The van der Waals surface area contributed by atoms with Crippen LogP contribution in [0.4, 0.5) is 11.4 Å². The molecule has 0 unspecified atom stereocenters. The molecule has 0 amide bonds. The lowest BCUT2D eigenvalue weighted by molar-refractivity contribution is -0.144. The van der Waals surface area contributed by atoms with Crippen LogP contribution in [0.25, 0.3) is 0 Å². The summed E-state index contributed by atoms with van der Waals surface area (Å²) in [5.74, 6) is 0.664. The van der Waals surface area contributed by atoms with E-state index in [-0.39, 0.29) is 5.97 Å². The van der Waals surface area contributed by atoms with Crippen molar-refractivity contribution in [2.45, 2.75) is 136 Å². The van der Waals surface area contributed by atoms with Crippen molar-refractivity contribution in [1.29, 1.82) is 0 Å². The van der Waals surface area contributed by atoms with Gasteiger partial charge in [0.2, 0.25) is 0 Å². The van der Waals surface area contributed by atoms with Gasteiger partial charge < -0.3 is 20.3 Å². The summed E-state index contributed by atoms with van der Waals surface area (Å²) in [5, 5.41) is 5.97. The van der Waals surface area contributed by atoms with Crippen molar-refractivity contribution in [3.63, 3.8) is 0 Å². The largest absolute Gasteiger partial charge is 0.466 e. The zero-order valence-corrected chi connectivity index (χ0v) is 26.4. The number of nitrogens with zero attached hydrogens (tertiary/aromatic N) is 1. The first-order valence-electron chi connectivity index (χ1n) is 16.6. The molecular formula is C33H61N3O4. The molecule has 232 valence electrons. The summed E-state index contributed by atoms with van der Waals surface area (Å²) in [6, 6.07) is 0. The second-order valence-corrected chi connectivity index (χ2v) is 11.5. The number of hydrogen-bond donors (Lipinski definition) is 2. The van der Waals surface area contributed by atoms with E-state index in [1.807, 2.05) is 0 Å². The molecule has 1 aromatic carbocycles. The minimum Gasteiger partial charge on any atom is -0.466 e. The molecule has 0 atom stereocenters. The molecule has 7 nitrogen and oxygen atoms in total. The van der Waals surface area contributed by atoms with E-state index in [0.717, 1.165) is 51.7 Å². The molecule has 0 aromatic heterocycles. The van der Waals surface area contributed by atoms with Crippen molar-refractivity contribution >= 4 is 17.3 Å². The molecule has 0 fully saturated rings. The first-order chi connectivity index (χ1) is 19.5. The van der Waals surface area contributed by atoms with Crippen molar-refractivity contribution in [2.24, 2.45) is 5.92 Å². The number of unbranched alkanes of at least 4 members (excludes halogenated alkanes) is 9. The van der Waals surface area contributed by atoms with E-state index >= 15 is 0 Å². The number of nitrogens with one attached hydrogen (secondary N) is 2. The quantitative estimate of drug-likeness (QED) is 0.0629. The van der Waals surface area contributed by atoms with E-state index in [2.05, 4.69) is 36.3 Å². The smallest absolute Gasteiger partial charge is 0.305 e. The number of esters is 1. The minimum absolute atomic E-state index is 0.0314. The minimum atomic E-state index is -0.422. The lowest BCUT2D eigenvalue weighted by Crippen LogP contribution is -2.37. The molecule has 0 bridgehead atoms. The molecule has 7 heteroatoms. The zero-order valence-electron chi connectivity index (χ0n) is 26.4. The molecule has 40 heavy (non-hydrogen) atoms. The summed E-state index contributed by atoms with van der Waals surface area (Å²) >= 11 is 0. The van der Waals surface area contributed by atoms with E-state index in [9.17, 15) is 14.4 Å². The maximum absolute atomic E-state index is 12.1. The van der Waals surface area contributed by atoms with Gasteiger partial charge in [0.25, 0.3) is 10.9 Å². The molecule has 2 N–H and O–H groups in total. The average Bonchev–Trinajstić information content (AvgIpc) is 2.95. The molecule has 0 aliphatic heterocycles. The van der Waals surface area contributed by atoms with Gasteiger partial charge in [-0.1, -0.05) is 97.8 Å². The zero-order chi connectivity index (χ0) is 29.4. The third-order valence-corrected chi connectivity index (χ3v) is 7.98. The van der Waals surface area contributed by atoms with Crippen LogP contribution in [0.3, 0.4) is 0 Å². The monoisotopic (exact) mass is 563 g/mol. The number of carbonyl (C=O) groups excluding carboxylic acids is 1. The molecule has 1 rings (SSSR count). The third-order valence-electron chi connectivity index (χ3n) is 7.98. The highest BCUT2D eigenvalue weighted by molar-refractivity contribution is 5.73. The Balaban J connectivity index is 2.23. The second-order valence-electron chi connectivity index (χ2n) is 11.5. The van der Waals surface area contributed by atoms with E-state index < -0.39 is 10.9 Å². The highest BCUT2D eigenvalue weighted by Crippen LogP contribution is 2.18. The Morgan fingerprint density at radius 3 is 1.85 bits per heavy atom. The van der Waals surface area contributed by atoms with Gasteiger partial charge in [-0.3, -0.25) is 14.4 Å². The van der Waals surface area contributed by atoms with Gasteiger partial charge in [-0.2, -0.15) is 0 Å². The number of ether oxygens (including phenoxy) is 1. The predicted octanol–water partition coefficient (Wildman–Crippen LogP) is 7.28. The van der Waals surface area contributed by atoms with Crippen molar-refractivity contribution < 1.29 is 9.53 Å². The fourth-order valence-electron chi connectivity index (χ4n) is 5.56. The topological polar surface area (TPSA) is 87.7 Å². The third kappa shape index (κ3) is 15.8.